The van der Waals surface area contributed by atoms with E-state index in [1.807, 2.05) is 41.3 Å². The Labute approximate surface area is 168 Å². The van der Waals surface area contributed by atoms with E-state index < -0.39 is 0 Å². The van der Waals surface area contributed by atoms with E-state index in [1.165, 1.54) is 5.39 Å². The molecule has 1 fully saturated rings. The zero-order valence-corrected chi connectivity index (χ0v) is 16.5. The van der Waals surface area contributed by atoms with Gasteiger partial charge in [0.15, 0.2) is 0 Å². The number of amides is 1. The minimum atomic E-state index is 0.172. The minimum Gasteiger partial charge on any atom is -0.378 e. The van der Waals surface area contributed by atoms with Gasteiger partial charge in [0.05, 0.1) is 19.0 Å². The molecule has 1 saturated heterocycles. The van der Waals surface area contributed by atoms with Crippen molar-refractivity contribution in [2.24, 2.45) is 0 Å². The fourth-order valence-corrected chi connectivity index (χ4v) is 4.50. The maximum absolute atomic E-state index is 12.5. The summed E-state index contributed by atoms with van der Waals surface area (Å²) in [6.07, 6.45) is 2.13. The van der Waals surface area contributed by atoms with E-state index in [4.69, 9.17) is 16.3 Å². The maximum atomic E-state index is 12.5. The van der Waals surface area contributed by atoms with Crippen LogP contribution in [-0.2, 0) is 16.1 Å². The second kappa shape index (κ2) is 8.38. The van der Waals surface area contributed by atoms with E-state index in [1.54, 1.807) is 11.8 Å². The van der Waals surface area contributed by atoms with Crippen molar-refractivity contribution >= 4 is 40.2 Å². The molecule has 0 bridgehead atoms. The van der Waals surface area contributed by atoms with E-state index in [0.717, 1.165) is 21.0 Å². The zero-order valence-electron chi connectivity index (χ0n) is 14.9. The fraction of sp³-hybridized carbons (Fsp3) is 0.286. The van der Waals surface area contributed by atoms with Crippen LogP contribution in [0.3, 0.4) is 0 Å². The number of ether oxygens (including phenoxy) is 1. The van der Waals surface area contributed by atoms with Crippen molar-refractivity contribution in [2.45, 2.75) is 11.4 Å². The molecule has 1 aliphatic heterocycles. The van der Waals surface area contributed by atoms with Crippen LogP contribution in [0.1, 0.15) is 5.56 Å². The Morgan fingerprint density at radius 2 is 1.81 bits per heavy atom. The molecule has 27 heavy (non-hydrogen) atoms. The third-order valence-electron chi connectivity index (χ3n) is 4.77. The van der Waals surface area contributed by atoms with Gasteiger partial charge in [-0.25, -0.2) is 0 Å². The average molecular weight is 401 g/mol. The number of aromatic nitrogens is 1. The number of rotatable bonds is 5. The molecule has 0 unspecified atom stereocenters. The molecule has 4 nitrogen and oxygen atoms in total. The van der Waals surface area contributed by atoms with Crippen molar-refractivity contribution in [3.05, 3.63) is 65.3 Å². The molecule has 0 aliphatic carbocycles. The minimum absolute atomic E-state index is 0.172. The predicted octanol–water partition coefficient (Wildman–Crippen LogP) is 4.29. The summed E-state index contributed by atoms with van der Waals surface area (Å²) in [5.74, 6) is 0.617. The van der Waals surface area contributed by atoms with E-state index in [0.29, 0.717) is 38.6 Å². The lowest BCUT2D eigenvalue weighted by Crippen LogP contribution is -2.41. The van der Waals surface area contributed by atoms with Crippen molar-refractivity contribution < 1.29 is 9.53 Å². The molecule has 2 aromatic carbocycles. The SMILES string of the molecule is O=C(CSc1cn(Cc2ccccc2Cl)c2ccccc12)N1CCOCC1. The Morgan fingerprint density at radius 3 is 2.63 bits per heavy atom. The van der Waals surface area contributed by atoms with Gasteiger partial charge in [-0.05, 0) is 17.7 Å². The number of morpholine rings is 1. The number of carbonyl (C=O) groups is 1. The highest BCUT2D eigenvalue weighted by Crippen LogP contribution is 2.31. The lowest BCUT2D eigenvalue weighted by molar-refractivity contribution is -0.132. The fourth-order valence-electron chi connectivity index (χ4n) is 3.31. The van der Waals surface area contributed by atoms with Crippen LogP contribution < -0.4 is 0 Å². The summed E-state index contributed by atoms with van der Waals surface area (Å²) < 4.78 is 7.53. The quantitative estimate of drug-likeness (QED) is 0.599. The molecule has 0 spiro atoms. The van der Waals surface area contributed by atoms with Gasteiger partial charge >= 0.3 is 0 Å². The van der Waals surface area contributed by atoms with E-state index in [9.17, 15) is 4.79 Å². The Morgan fingerprint density at radius 1 is 1.07 bits per heavy atom. The third kappa shape index (κ3) is 4.15. The van der Waals surface area contributed by atoms with Gasteiger partial charge < -0.3 is 14.2 Å². The molecular formula is C21H21ClN2O2S. The molecule has 1 aromatic heterocycles. The molecule has 0 N–H and O–H groups in total. The number of para-hydroxylation sites is 1. The van der Waals surface area contributed by atoms with E-state index in [2.05, 4.69) is 22.9 Å². The first-order valence-electron chi connectivity index (χ1n) is 9.02. The van der Waals surface area contributed by atoms with Crippen LogP contribution in [0.25, 0.3) is 10.9 Å². The van der Waals surface area contributed by atoms with E-state index in [-0.39, 0.29) is 5.91 Å². The number of halogens is 1. The largest absolute Gasteiger partial charge is 0.378 e. The highest BCUT2D eigenvalue weighted by Gasteiger charge is 2.18. The first kappa shape index (κ1) is 18.4. The lowest BCUT2D eigenvalue weighted by Gasteiger charge is -2.26. The van der Waals surface area contributed by atoms with Crippen LogP contribution in [0.4, 0.5) is 0 Å². The van der Waals surface area contributed by atoms with Gasteiger partial charge in [-0.1, -0.05) is 48.0 Å². The predicted molar refractivity (Wildman–Crippen MR) is 111 cm³/mol. The normalized spacial score (nSPS) is 14.6. The number of nitrogens with zero attached hydrogens (tertiary/aromatic N) is 2. The number of benzene rings is 2. The van der Waals surface area contributed by atoms with Crippen LogP contribution in [-0.4, -0.2) is 47.4 Å². The van der Waals surface area contributed by atoms with Gasteiger partial charge in [0, 0.05) is 46.7 Å². The first-order chi connectivity index (χ1) is 13.2. The van der Waals surface area contributed by atoms with Gasteiger partial charge in [0.25, 0.3) is 0 Å². The van der Waals surface area contributed by atoms with Gasteiger partial charge in [-0.15, -0.1) is 11.8 Å². The summed E-state index contributed by atoms with van der Waals surface area (Å²) >= 11 is 7.94. The number of hydrogen-bond acceptors (Lipinski definition) is 3. The Bertz CT molecular complexity index is 950. The molecule has 0 atom stereocenters. The molecule has 140 valence electrons. The summed E-state index contributed by atoms with van der Waals surface area (Å²) in [7, 11) is 0. The van der Waals surface area contributed by atoms with Crippen molar-refractivity contribution in [1.29, 1.82) is 0 Å². The third-order valence-corrected chi connectivity index (χ3v) is 6.16. The van der Waals surface area contributed by atoms with Gasteiger partial charge in [-0.3, -0.25) is 4.79 Å². The molecule has 6 heteroatoms. The Hall–Kier alpha value is -1.95. The average Bonchev–Trinajstić information content (AvgIpc) is 3.06. The summed E-state index contributed by atoms with van der Waals surface area (Å²) in [6.45, 7) is 3.35. The molecular weight excluding hydrogens is 380 g/mol. The summed E-state index contributed by atoms with van der Waals surface area (Å²) in [6, 6.07) is 16.2. The number of hydrogen-bond donors (Lipinski definition) is 0. The lowest BCUT2D eigenvalue weighted by atomic mass is 10.2. The molecule has 1 aliphatic rings. The van der Waals surface area contributed by atoms with Crippen LogP contribution in [0.5, 0.6) is 0 Å². The van der Waals surface area contributed by atoms with Crippen molar-refractivity contribution in [2.75, 3.05) is 32.1 Å². The van der Waals surface area contributed by atoms with Gasteiger partial charge in [0.2, 0.25) is 5.91 Å². The molecule has 0 radical (unpaired) electrons. The van der Waals surface area contributed by atoms with Crippen LogP contribution in [0.2, 0.25) is 5.02 Å². The summed E-state index contributed by atoms with van der Waals surface area (Å²) in [4.78, 5) is 15.5. The molecule has 1 amide bonds. The molecule has 2 heterocycles. The van der Waals surface area contributed by atoms with Gasteiger partial charge in [-0.2, -0.15) is 0 Å². The standard InChI is InChI=1S/C21H21ClN2O2S/c22-18-7-3-1-5-16(18)13-24-14-20(17-6-2-4-8-19(17)24)27-15-21(25)23-9-11-26-12-10-23/h1-8,14H,9-13,15H2. The zero-order chi connectivity index (χ0) is 18.6. The van der Waals surface area contributed by atoms with Crippen molar-refractivity contribution in [3.63, 3.8) is 0 Å². The number of carbonyl (C=O) groups excluding carboxylic acids is 1. The van der Waals surface area contributed by atoms with Gasteiger partial charge in [0.1, 0.15) is 0 Å². The maximum Gasteiger partial charge on any atom is 0.233 e. The highest BCUT2D eigenvalue weighted by molar-refractivity contribution is 8.00. The van der Waals surface area contributed by atoms with Crippen molar-refractivity contribution in [1.82, 2.24) is 9.47 Å². The summed E-state index contributed by atoms with van der Waals surface area (Å²) in [5.41, 5.74) is 2.24. The highest BCUT2D eigenvalue weighted by atomic mass is 35.5. The van der Waals surface area contributed by atoms with E-state index >= 15 is 0 Å². The first-order valence-corrected chi connectivity index (χ1v) is 10.4. The molecule has 0 saturated carbocycles. The van der Waals surface area contributed by atoms with Crippen molar-refractivity contribution in [3.8, 4) is 0 Å². The summed E-state index contributed by atoms with van der Waals surface area (Å²) in [5, 5.41) is 1.94. The topological polar surface area (TPSA) is 34.5 Å². The van der Waals surface area contributed by atoms with Crippen LogP contribution >= 0.6 is 23.4 Å². The van der Waals surface area contributed by atoms with Crippen LogP contribution in [0.15, 0.2) is 59.6 Å². The Balaban J connectivity index is 1.54. The van der Waals surface area contributed by atoms with Crippen LogP contribution in [0, 0.1) is 0 Å². The number of fused-ring (bicyclic) bond motifs is 1. The number of thioether (sulfide) groups is 1. The Kier molecular flexibility index (Phi) is 5.72. The second-order valence-electron chi connectivity index (χ2n) is 6.51. The monoisotopic (exact) mass is 400 g/mol. The smallest absolute Gasteiger partial charge is 0.233 e. The molecule has 4 rings (SSSR count). The second-order valence-corrected chi connectivity index (χ2v) is 7.94. The molecule has 3 aromatic rings.